The van der Waals surface area contributed by atoms with Gasteiger partial charge in [-0.2, -0.15) is 5.10 Å². The molecule has 0 amide bonds. The second-order valence-corrected chi connectivity index (χ2v) is 5.72. The fourth-order valence-corrected chi connectivity index (χ4v) is 2.59. The first-order valence-corrected chi connectivity index (χ1v) is 7.58. The third-order valence-corrected chi connectivity index (χ3v) is 3.72. The number of nitrogens with two attached hydrogens (primary N) is 1. The van der Waals surface area contributed by atoms with Crippen LogP contribution in [0.4, 0.5) is 11.4 Å². The molecule has 21 heavy (non-hydrogen) atoms. The lowest BCUT2D eigenvalue weighted by Gasteiger charge is -2.11. The van der Waals surface area contributed by atoms with Crippen molar-refractivity contribution in [2.75, 3.05) is 17.6 Å². The Morgan fingerprint density at radius 2 is 2.24 bits per heavy atom. The number of nitrogens with zero attached hydrogens (tertiary/aromatic N) is 3. The van der Waals surface area contributed by atoms with Gasteiger partial charge in [0, 0.05) is 47.2 Å². The highest BCUT2D eigenvalue weighted by Gasteiger charge is 2.06. The van der Waals surface area contributed by atoms with Crippen LogP contribution in [-0.4, -0.2) is 21.3 Å². The van der Waals surface area contributed by atoms with Crippen LogP contribution in [-0.2, 0) is 6.54 Å². The molecule has 3 N–H and O–H groups in total. The van der Waals surface area contributed by atoms with E-state index in [1.807, 2.05) is 35.1 Å². The average Bonchev–Trinajstić information content (AvgIpc) is 2.99. The number of halogens is 1. The third-order valence-electron chi connectivity index (χ3n) is 3.29. The van der Waals surface area contributed by atoms with Gasteiger partial charge in [-0.15, -0.1) is 0 Å². The number of pyridine rings is 1. The molecular weight excluding hydrogens is 330 g/mol. The van der Waals surface area contributed by atoms with E-state index in [0.717, 1.165) is 46.3 Å². The van der Waals surface area contributed by atoms with E-state index in [1.54, 1.807) is 12.4 Å². The molecule has 0 atom stereocenters. The minimum absolute atomic E-state index is 0.737. The maximum Gasteiger partial charge on any atom is 0.0954 e. The molecule has 0 aliphatic carbocycles. The minimum atomic E-state index is 0.737. The van der Waals surface area contributed by atoms with Crippen molar-refractivity contribution < 1.29 is 0 Å². The van der Waals surface area contributed by atoms with Crippen LogP contribution in [0.15, 0.2) is 47.3 Å². The largest absolute Gasteiger partial charge is 0.398 e. The zero-order valence-electron chi connectivity index (χ0n) is 11.5. The summed E-state index contributed by atoms with van der Waals surface area (Å²) in [4.78, 5) is 4.46. The van der Waals surface area contributed by atoms with Crippen molar-refractivity contribution in [3.05, 3.63) is 47.3 Å². The summed E-state index contributed by atoms with van der Waals surface area (Å²) < 4.78 is 2.86. The number of aryl methyl sites for hydroxylation is 1. The summed E-state index contributed by atoms with van der Waals surface area (Å²) in [7, 11) is 0. The smallest absolute Gasteiger partial charge is 0.0954 e. The Kier molecular flexibility index (Phi) is 4.06. The molecule has 0 spiro atoms. The fraction of sp³-hybridized carbons (Fsp3) is 0.200. The maximum atomic E-state index is 6.01. The van der Waals surface area contributed by atoms with Gasteiger partial charge in [0.05, 0.1) is 11.2 Å². The van der Waals surface area contributed by atoms with E-state index in [9.17, 15) is 0 Å². The summed E-state index contributed by atoms with van der Waals surface area (Å²) in [6.45, 7) is 1.75. The van der Waals surface area contributed by atoms with Crippen molar-refractivity contribution in [2.45, 2.75) is 13.0 Å². The van der Waals surface area contributed by atoms with E-state index >= 15 is 0 Å². The third kappa shape index (κ3) is 3.16. The first-order chi connectivity index (χ1) is 10.2. The van der Waals surface area contributed by atoms with Gasteiger partial charge in [-0.3, -0.25) is 9.67 Å². The Labute approximate surface area is 131 Å². The van der Waals surface area contributed by atoms with Crippen molar-refractivity contribution in [3.63, 3.8) is 0 Å². The van der Waals surface area contributed by atoms with E-state index in [4.69, 9.17) is 5.73 Å². The lowest BCUT2D eigenvalue weighted by atomic mass is 10.1. The van der Waals surface area contributed by atoms with E-state index in [-0.39, 0.29) is 0 Å². The molecule has 5 nitrogen and oxygen atoms in total. The summed E-state index contributed by atoms with van der Waals surface area (Å²) in [5.74, 6) is 0. The Balaban J connectivity index is 1.70. The van der Waals surface area contributed by atoms with E-state index in [1.165, 1.54) is 0 Å². The van der Waals surface area contributed by atoms with Crippen molar-refractivity contribution in [3.8, 4) is 0 Å². The van der Waals surface area contributed by atoms with Crippen LogP contribution in [0.2, 0.25) is 0 Å². The monoisotopic (exact) mass is 345 g/mol. The highest BCUT2D eigenvalue weighted by atomic mass is 79.9. The SMILES string of the molecule is Nc1ccc(NCCCn2cccn2)c2ncc(Br)cc12. The van der Waals surface area contributed by atoms with E-state index in [0.29, 0.717) is 0 Å². The average molecular weight is 346 g/mol. The summed E-state index contributed by atoms with van der Waals surface area (Å²) in [6.07, 6.45) is 6.54. The van der Waals surface area contributed by atoms with Gasteiger partial charge in [-0.25, -0.2) is 0 Å². The highest BCUT2D eigenvalue weighted by Crippen LogP contribution is 2.28. The molecule has 3 rings (SSSR count). The number of fused-ring (bicyclic) bond motifs is 1. The molecule has 6 heteroatoms. The van der Waals surface area contributed by atoms with Crippen LogP contribution >= 0.6 is 15.9 Å². The molecule has 0 saturated heterocycles. The summed E-state index contributed by atoms with van der Waals surface area (Å²) in [5, 5.41) is 8.57. The first-order valence-electron chi connectivity index (χ1n) is 6.79. The van der Waals surface area contributed by atoms with Crippen LogP contribution < -0.4 is 11.1 Å². The first kappa shape index (κ1) is 13.9. The predicted molar refractivity (Wildman–Crippen MR) is 89.2 cm³/mol. The minimum Gasteiger partial charge on any atom is -0.398 e. The molecular formula is C15H16BrN5. The fourth-order valence-electron chi connectivity index (χ4n) is 2.26. The van der Waals surface area contributed by atoms with Crippen molar-refractivity contribution in [1.82, 2.24) is 14.8 Å². The van der Waals surface area contributed by atoms with Crippen LogP contribution in [0.25, 0.3) is 10.9 Å². The van der Waals surface area contributed by atoms with Crippen molar-refractivity contribution in [2.24, 2.45) is 0 Å². The van der Waals surface area contributed by atoms with Gasteiger partial charge >= 0.3 is 0 Å². The van der Waals surface area contributed by atoms with E-state index in [2.05, 4.69) is 31.3 Å². The molecule has 0 saturated carbocycles. The number of anilines is 2. The second kappa shape index (κ2) is 6.13. The molecule has 108 valence electrons. The Bertz CT molecular complexity index is 739. The van der Waals surface area contributed by atoms with Crippen LogP contribution in [0, 0.1) is 0 Å². The summed E-state index contributed by atoms with van der Waals surface area (Å²) >= 11 is 3.43. The summed E-state index contributed by atoms with van der Waals surface area (Å²) in [6, 6.07) is 7.81. The Morgan fingerprint density at radius 3 is 3.05 bits per heavy atom. The molecule has 0 aliphatic heterocycles. The Hall–Kier alpha value is -2.08. The number of nitrogens with one attached hydrogen (secondary N) is 1. The number of nitrogen functional groups attached to an aromatic ring is 1. The molecule has 0 fully saturated rings. The number of rotatable bonds is 5. The van der Waals surface area contributed by atoms with Gasteiger partial charge in [0.2, 0.25) is 0 Å². The number of hydrogen-bond donors (Lipinski definition) is 2. The zero-order valence-corrected chi connectivity index (χ0v) is 13.0. The number of hydrogen-bond acceptors (Lipinski definition) is 4. The molecule has 1 aromatic carbocycles. The van der Waals surface area contributed by atoms with Gasteiger partial charge in [0.15, 0.2) is 0 Å². The van der Waals surface area contributed by atoms with Gasteiger partial charge in [-0.1, -0.05) is 0 Å². The lowest BCUT2D eigenvalue weighted by Crippen LogP contribution is -2.07. The standard InChI is InChI=1S/C15H16BrN5/c16-11-9-12-13(17)3-4-14(15(12)19-10-11)18-5-1-7-21-8-2-6-20-21/h2-4,6,8-10,18H,1,5,7,17H2. The quantitative estimate of drug-likeness (QED) is 0.550. The molecule has 2 heterocycles. The molecule has 0 radical (unpaired) electrons. The highest BCUT2D eigenvalue weighted by molar-refractivity contribution is 9.10. The molecule has 2 aromatic heterocycles. The van der Waals surface area contributed by atoms with Gasteiger partial charge < -0.3 is 11.1 Å². The number of aromatic nitrogens is 3. The second-order valence-electron chi connectivity index (χ2n) is 4.80. The topological polar surface area (TPSA) is 68.8 Å². The van der Waals surface area contributed by atoms with Crippen LogP contribution in [0.1, 0.15) is 6.42 Å². The predicted octanol–water partition coefficient (Wildman–Crippen LogP) is 3.28. The van der Waals surface area contributed by atoms with Gasteiger partial charge in [-0.05, 0) is 46.6 Å². The zero-order chi connectivity index (χ0) is 14.7. The van der Waals surface area contributed by atoms with Crippen molar-refractivity contribution >= 4 is 38.2 Å². The molecule has 0 bridgehead atoms. The van der Waals surface area contributed by atoms with Crippen LogP contribution in [0.3, 0.4) is 0 Å². The Morgan fingerprint density at radius 1 is 1.33 bits per heavy atom. The van der Waals surface area contributed by atoms with Gasteiger partial charge in [0.25, 0.3) is 0 Å². The molecule has 3 aromatic rings. The summed E-state index contributed by atoms with van der Waals surface area (Å²) in [5.41, 5.74) is 8.66. The van der Waals surface area contributed by atoms with Crippen LogP contribution in [0.5, 0.6) is 0 Å². The molecule has 0 aliphatic rings. The lowest BCUT2D eigenvalue weighted by molar-refractivity contribution is 0.592. The van der Waals surface area contributed by atoms with E-state index < -0.39 is 0 Å². The number of benzene rings is 1. The maximum absolute atomic E-state index is 6.01. The normalized spacial score (nSPS) is 10.9. The van der Waals surface area contributed by atoms with Crippen molar-refractivity contribution in [1.29, 1.82) is 0 Å². The molecule has 0 unspecified atom stereocenters. The van der Waals surface area contributed by atoms with Gasteiger partial charge in [0.1, 0.15) is 0 Å².